The molecular formula is C31H45N5O4S. The van der Waals surface area contributed by atoms with Crippen molar-refractivity contribution in [3.63, 3.8) is 0 Å². The Morgan fingerprint density at radius 1 is 1.02 bits per heavy atom. The van der Waals surface area contributed by atoms with Crippen LogP contribution in [0.3, 0.4) is 0 Å². The smallest absolute Gasteiger partial charge is 0.272 e. The van der Waals surface area contributed by atoms with Crippen LogP contribution < -0.4 is 0 Å². The van der Waals surface area contributed by atoms with E-state index >= 15 is 0 Å². The Kier molecular flexibility index (Phi) is 9.43. The van der Waals surface area contributed by atoms with Gasteiger partial charge in [-0.1, -0.05) is 29.8 Å². The van der Waals surface area contributed by atoms with Crippen molar-refractivity contribution in [2.45, 2.75) is 89.5 Å². The highest BCUT2D eigenvalue weighted by molar-refractivity contribution is 7.88. The number of sulfonamides is 1. The van der Waals surface area contributed by atoms with E-state index in [1.807, 2.05) is 11.8 Å². The second-order valence-electron chi connectivity index (χ2n) is 12.1. The van der Waals surface area contributed by atoms with E-state index in [9.17, 15) is 13.2 Å². The fourth-order valence-electron chi connectivity index (χ4n) is 6.75. The maximum absolute atomic E-state index is 13.5. The Hall–Kier alpha value is -2.40. The highest BCUT2D eigenvalue weighted by atomic mass is 32.2. The second-order valence-corrected chi connectivity index (χ2v) is 14.2. The van der Waals surface area contributed by atoms with E-state index < -0.39 is 10.0 Å². The molecule has 3 aliphatic heterocycles. The fraction of sp³-hybridized carbons (Fsp3) is 0.645. The molecule has 0 saturated carbocycles. The zero-order valence-corrected chi connectivity index (χ0v) is 25.8. The normalized spacial score (nSPS) is 23.4. The second kappa shape index (κ2) is 12.9. The van der Waals surface area contributed by atoms with E-state index in [1.54, 1.807) is 7.05 Å². The van der Waals surface area contributed by atoms with Crippen molar-refractivity contribution in [1.29, 1.82) is 0 Å². The largest absolute Gasteiger partial charge is 0.370 e. The van der Waals surface area contributed by atoms with Gasteiger partial charge in [-0.25, -0.2) is 22.7 Å². The van der Waals surface area contributed by atoms with Gasteiger partial charge in [0.1, 0.15) is 12.0 Å². The molecule has 0 spiro atoms. The third-order valence-corrected chi connectivity index (χ3v) is 10.8. The minimum absolute atomic E-state index is 0.00490. The summed E-state index contributed by atoms with van der Waals surface area (Å²) in [6.07, 6.45) is 10.5. The average Bonchev–Trinajstić information content (AvgIpc) is 3.45. The minimum atomic E-state index is -3.16. The van der Waals surface area contributed by atoms with Crippen molar-refractivity contribution < 1.29 is 17.9 Å². The molecule has 3 saturated heterocycles. The molecule has 5 rings (SSSR count). The van der Waals surface area contributed by atoms with Crippen molar-refractivity contribution in [2.75, 3.05) is 39.5 Å². The topological polar surface area (TPSA) is 95.9 Å². The van der Waals surface area contributed by atoms with E-state index in [4.69, 9.17) is 4.74 Å². The van der Waals surface area contributed by atoms with Gasteiger partial charge in [0.2, 0.25) is 10.0 Å². The maximum Gasteiger partial charge on any atom is 0.272 e. The summed E-state index contributed by atoms with van der Waals surface area (Å²) in [7, 11) is -1.48. The highest BCUT2D eigenvalue weighted by Gasteiger charge is 2.33. The minimum Gasteiger partial charge on any atom is -0.370 e. The molecule has 2 atom stereocenters. The molecule has 2 aromatic rings. The number of hydrogen-bond donors (Lipinski definition) is 0. The number of rotatable bonds is 8. The third kappa shape index (κ3) is 7.16. The Labute approximate surface area is 245 Å². The summed E-state index contributed by atoms with van der Waals surface area (Å²) in [5, 5.41) is 0. The van der Waals surface area contributed by atoms with Gasteiger partial charge in [-0.2, -0.15) is 0 Å². The number of likely N-dealkylation sites (tertiary alicyclic amines) is 2. The van der Waals surface area contributed by atoms with Crippen molar-refractivity contribution in [3.8, 4) is 0 Å². The Morgan fingerprint density at radius 2 is 1.76 bits per heavy atom. The summed E-state index contributed by atoms with van der Waals surface area (Å²) in [5.41, 5.74) is 4.84. The number of nitrogens with zero attached hydrogens (tertiary/aromatic N) is 5. The molecular weight excluding hydrogens is 538 g/mol. The fourth-order valence-corrected chi connectivity index (χ4v) is 7.51. The molecule has 2 unspecified atom stereocenters. The maximum atomic E-state index is 13.5. The average molecular weight is 584 g/mol. The molecule has 4 heterocycles. The highest BCUT2D eigenvalue weighted by Crippen LogP contribution is 2.35. The van der Waals surface area contributed by atoms with E-state index in [-0.39, 0.29) is 24.2 Å². The molecule has 3 fully saturated rings. The van der Waals surface area contributed by atoms with Crippen molar-refractivity contribution >= 4 is 15.9 Å². The van der Waals surface area contributed by atoms with Gasteiger partial charge in [0.05, 0.1) is 18.5 Å². The van der Waals surface area contributed by atoms with Crippen molar-refractivity contribution in [2.24, 2.45) is 0 Å². The predicted octanol–water partition coefficient (Wildman–Crippen LogP) is 3.91. The monoisotopic (exact) mass is 583 g/mol. The first-order valence-corrected chi connectivity index (χ1v) is 16.9. The van der Waals surface area contributed by atoms with E-state index in [0.29, 0.717) is 24.8 Å². The summed E-state index contributed by atoms with van der Waals surface area (Å²) >= 11 is 0. The lowest BCUT2D eigenvalue weighted by atomic mass is 9.97. The molecule has 224 valence electrons. The first kappa shape index (κ1) is 30.1. The number of amides is 1. The number of benzene rings is 1. The van der Waals surface area contributed by atoms with Crippen LogP contribution in [0.5, 0.6) is 0 Å². The van der Waals surface area contributed by atoms with Gasteiger partial charge in [0, 0.05) is 43.5 Å². The van der Waals surface area contributed by atoms with E-state index in [0.717, 1.165) is 75.7 Å². The first-order chi connectivity index (χ1) is 19.6. The summed E-state index contributed by atoms with van der Waals surface area (Å²) in [4.78, 5) is 26.9. The molecule has 9 nitrogen and oxygen atoms in total. The molecule has 0 aliphatic carbocycles. The molecule has 1 amide bonds. The number of aryl methyl sites for hydroxylation is 2. The van der Waals surface area contributed by atoms with Crippen molar-refractivity contribution in [1.82, 2.24) is 24.1 Å². The molecule has 41 heavy (non-hydrogen) atoms. The molecule has 1 aromatic carbocycles. The SMILES string of the molecule is Cc1cccc(C2CCC(CCc3ncnc(C(=O)N4CCC(N5CCC(N(C)S(C)(=O)=O)CC5)CC4)c3C)O2)c1. The van der Waals surface area contributed by atoms with Gasteiger partial charge >= 0.3 is 0 Å². The number of aromatic nitrogens is 2. The number of carbonyl (C=O) groups is 1. The van der Waals surface area contributed by atoms with Crippen LogP contribution in [-0.2, 0) is 21.2 Å². The Bertz CT molecular complexity index is 1320. The van der Waals surface area contributed by atoms with Crippen LogP contribution in [0.1, 0.15) is 83.9 Å². The van der Waals surface area contributed by atoms with Gasteiger partial charge in [-0.3, -0.25) is 4.79 Å². The van der Waals surface area contributed by atoms with Crippen LogP contribution in [0, 0.1) is 13.8 Å². The molecule has 0 bridgehead atoms. The Balaban J connectivity index is 1.11. The standard InChI is InChI=1S/C31H45N5O4S/c1-22-6-5-7-24(20-22)29-11-9-27(40-29)8-10-28-23(2)30(33-21-32-28)31(37)36-18-14-26(15-19-36)35-16-12-25(13-17-35)34(3)41(4,38)39/h5-7,20-21,25-27,29H,8-19H2,1-4H3. The van der Waals surface area contributed by atoms with Gasteiger partial charge in [0.15, 0.2) is 0 Å². The Morgan fingerprint density at radius 3 is 2.44 bits per heavy atom. The summed E-state index contributed by atoms with van der Waals surface area (Å²) in [5.74, 6) is -0.00490. The third-order valence-electron chi connectivity index (χ3n) is 9.42. The van der Waals surface area contributed by atoms with Crippen molar-refractivity contribution in [3.05, 3.63) is 58.7 Å². The number of carbonyl (C=O) groups excluding carboxylic acids is 1. The summed E-state index contributed by atoms with van der Waals surface area (Å²) < 4.78 is 31.7. The molecule has 0 radical (unpaired) electrons. The molecule has 0 N–H and O–H groups in total. The molecule has 3 aliphatic rings. The molecule has 10 heteroatoms. The lowest BCUT2D eigenvalue weighted by Crippen LogP contribution is -2.52. The predicted molar refractivity (Wildman–Crippen MR) is 159 cm³/mol. The summed E-state index contributed by atoms with van der Waals surface area (Å²) in [6.45, 7) is 7.30. The van der Waals surface area contributed by atoms with E-state index in [1.165, 1.54) is 28.0 Å². The van der Waals surface area contributed by atoms with Gasteiger partial charge in [-0.05, 0) is 83.9 Å². The van der Waals surface area contributed by atoms with Gasteiger partial charge in [0.25, 0.3) is 5.91 Å². The van der Waals surface area contributed by atoms with E-state index in [2.05, 4.69) is 46.1 Å². The van der Waals surface area contributed by atoms with Crippen LogP contribution in [0.2, 0.25) is 0 Å². The first-order valence-electron chi connectivity index (χ1n) is 15.1. The van der Waals surface area contributed by atoms with Crippen LogP contribution in [0.25, 0.3) is 0 Å². The zero-order chi connectivity index (χ0) is 29.1. The van der Waals surface area contributed by atoms with Crippen LogP contribution in [0.15, 0.2) is 30.6 Å². The number of hydrogen-bond acceptors (Lipinski definition) is 7. The zero-order valence-electron chi connectivity index (χ0n) is 25.0. The quantitative estimate of drug-likeness (QED) is 0.465. The number of ether oxygens (including phenoxy) is 1. The van der Waals surface area contributed by atoms with Gasteiger partial charge in [-0.15, -0.1) is 0 Å². The van der Waals surface area contributed by atoms with Crippen LogP contribution >= 0.6 is 0 Å². The van der Waals surface area contributed by atoms with Crippen LogP contribution in [-0.4, -0.2) is 96.1 Å². The summed E-state index contributed by atoms with van der Waals surface area (Å²) in [6, 6.07) is 9.08. The lowest BCUT2D eigenvalue weighted by molar-refractivity contribution is 0.0400. The van der Waals surface area contributed by atoms with Crippen LogP contribution in [0.4, 0.5) is 0 Å². The molecule has 1 aromatic heterocycles. The van der Waals surface area contributed by atoms with Gasteiger partial charge < -0.3 is 14.5 Å². The number of piperidine rings is 2. The lowest BCUT2D eigenvalue weighted by Gasteiger charge is -2.43.